The van der Waals surface area contributed by atoms with E-state index in [1.807, 2.05) is 65.3 Å². The number of carbonyl (C=O) groups excluding carboxylic acids is 1. The Hall–Kier alpha value is -4.10. The quantitative estimate of drug-likeness (QED) is 0.340. The van der Waals surface area contributed by atoms with Crippen LogP contribution in [0, 0.1) is 0 Å². The van der Waals surface area contributed by atoms with Crippen LogP contribution in [0.1, 0.15) is 35.2 Å². The summed E-state index contributed by atoms with van der Waals surface area (Å²) in [5.74, 6) is 1.28. The molecule has 0 radical (unpaired) electrons. The predicted octanol–water partition coefficient (Wildman–Crippen LogP) is 5.74. The van der Waals surface area contributed by atoms with Crippen LogP contribution in [0.5, 0.6) is 5.75 Å². The van der Waals surface area contributed by atoms with Gasteiger partial charge in [-0.15, -0.1) is 5.10 Å². The molecule has 0 saturated carbocycles. The molecule has 2 unspecified atom stereocenters. The van der Waals surface area contributed by atoms with Gasteiger partial charge in [0.1, 0.15) is 5.75 Å². The van der Waals surface area contributed by atoms with Crippen molar-refractivity contribution < 1.29 is 9.53 Å². The van der Waals surface area contributed by atoms with Gasteiger partial charge in [0.2, 0.25) is 5.95 Å². The number of anilines is 2. The Kier molecular flexibility index (Phi) is 6.50. The van der Waals surface area contributed by atoms with Crippen molar-refractivity contribution in [2.24, 2.45) is 0 Å². The van der Waals surface area contributed by atoms with Crippen LogP contribution in [0.3, 0.4) is 0 Å². The minimum atomic E-state index is -0.339. The van der Waals surface area contributed by atoms with Crippen molar-refractivity contribution in [2.45, 2.75) is 18.5 Å². The van der Waals surface area contributed by atoms with Gasteiger partial charge in [-0.1, -0.05) is 72.3 Å². The van der Waals surface area contributed by atoms with Gasteiger partial charge in [-0.3, -0.25) is 10.1 Å². The molecule has 0 aliphatic carbocycles. The molecule has 176 valence electrons. The minimum absolute atomic E-state index is 0.0451. The van der Waals surface area contributed by atoms with Crippen molar-refractivity contribution in [3.8, 4) is 5.75 Å². The summed E-state index contributed by atoms with van der Waals surface area (Å²) in [5.41, 5.74) is 3.00. The van der Waals surface area contributed by atoms with Gasteiger partial charge in [0.05, 0.1) is 19.2 Å². The molecule has 1 aliphatic heterocycles. The van der Waals surface area contributed by atoms with Crippen LogP contribution < -0.4 is 15.4 Å². The highest BCUT2D eigenvalue weighted by molar-refractivity contribution is 6.32. The monoisotopic (exact) mass is 485 g/mol. The fourth-order valence-electron chi connectivity index (χ4n) is 4.17. The number of hydrogen-bond donors (Lipinski definition) is 2. The SMILES string of the molecule is COc1ccc(C2CC(c3ccccc3)Nc3nc(NC(=O)/C=C/c4ccccc4Cl)nn32)cc1. The molecular formula is C27H24ClN5O2. The molecule has 3 aromatic carbocycles. The second kappa shape index (κ2) is 10.0. The summed E-state index contributed by atoms with van der Waals surface area (Å²) < 4.78 is 7.15. The number of rotatable bonds is 6. The molecule has 5 rings (SSSR count). The molecular weight excluding hydrogens is 462 g/mol. The number of ether oxygens (including phenoxy) is 1. The van der Waals surface area contributed by atoms with Crippen LogP contribution in [0.25, 0.3) is 6.08 Å². The van der Waals surface area contributed by atoms with E-state index in [1.165, 1.54) is 6.08 Å². The number of nitrogens with one attached hydrogen (secondary N) is 2. The highest BCUT2D eigenvalue weighted by atomic mass is 35.5. The van der Waals surface area contributed by atoms with Gasteiger partial charge < -0.3 is 10.1 Å². The lowest BCUT2D eigenvalue weighted by Crippen LogP contribution is -2.28. The van der Waals surface area contributed by atoms with E-state index in [0.29, 0.717) is 11.0 Å². The number of fused-ring (bicyclic) bond motifs is 1. The van der Waals surface area contributed by atoms with E-state index in [1.54, 1.807) is 19.3 Å². The lowest BCUT2D eigenvalue weighted by atomic mass is 9.93. The maximum Gasteiger partial charge on any atom is 0.250 e. The molecule has 7 nitrogen and oxygen atoms in total. The normalized spacial score (nSPS) is 17.0. The van der Waals surface area contributed by atoms with E-state index < -0.39 is 0 Å². The molecule has 0 spiro atoms. The van der Waals surface area contributed by atoms with E-state index in [-0.39, 0.29) is 23.9 Å². The Morgan fingerprint density at radius 3 is 2.54 bits per heavy atom. The minimum Gasteiger partial charge on any atom is -0.497 e. The molecule has 0 bridgehead atoms. The van der Waals surface area contributed by atoms with Crippen LogP contribution in [-0.4, -0.2) is 27.8 Å². The highest BCUT2D eigenvalue weighted by Gasteiger charge is 2.31. The Balaban J connectivity index is 1.42. The van der Waals surface area contributed by atoms with Crippen molar-refractivity contribution in [1.82, 2.24) is 14.8 Å². The summed E-state index contributed by atoms with van der Waals surface area (Å²) in [6.07, 6.45) is 3.85. The van der Waals surface area contributed by atoms with Gasteiger partial charge in [-0.2, -0.15) is 4.98 Å². The van der Waals surface area contributed by atoms with E-state index in [2.05, 4.69) is 32.8 Å². The molecule has 1 aliphatic rings. The molecule has 1 aromatic heterocycles. The average molecular weight is 486 g/mol. The van der Waals surface area contributed by atoms with E-state index in [9.17, 15) is 4.79 Å². The van der Waals surface area contributed by atoms with Crippen LogP contribution in [-0.2, 0) is 4.79 Å². The molecule has 35 heavy (non-hydrogen) atoms. The first kappa shape index (κ1) is 22.7. The summed E-state index contributed by atoms with van der Waals surface area (Å²) in [7, 11) is 1.65. The third kappa shape index (κ3) is 5.05. The van der Waals surface area contributed by atoms with Crippen LogP contribution in [0.15, 0.2) is 84.9 Å². The van der Waals surface area contributed by atoms with Crippen LogP contribution in [0.2, 0.25) is 5.02 Å². The fourth-order valence-corrected chi connectivity index (χ4v) is 4.36. The zero-order valence-electron chi connectivity index (χ0n) is 19.1. The first-order valence-corrected chi connectivity index (χ1v) is 11.6. The first-order valence-electron chi connectivity index (χ1n) is 11.3. The summed E-state index contributed by atoms with van der Waals surface area (Å²) in [6.45, 7) is 0. The molecule has 2 heterocycles. The fraction of sp³-hybridized carbons (Fsp3) is 0.148. The molecule has 1 amide bonds. The number of methoxy groups -OCH3 is 1. The first-order chi connectivity index (χ1) is 17.1. The van der Waals surface area contributed by atoms with Gasteiger partial charge in [0.15, 0.2) is 0 Å². The summed E-state index contributed by atoms with van der Waals surface area (Å²) in [5, 5.41) is 11.4. The Morgan fingerprint density at radius 2 is 1.80 bits per heavy atom. The van der Waals surface area contributed by atoms with Crippen LogP contribution in [0.4, 0.5) is 11.9 Å². The van der Waals surface area contributed by atoms with Crippen LogP contribution >= 0.6 is 11.6 Å². The van der Waals surface area contributed by atoms with Crippen molar-refractivity contribution in [2.75, 3.05) is 17.7 Å². The smallest absolute Gasteiger partial charge is 0.250 e. The number of nitrogens with zero attached hydrogens (tertiary/aromatic N) is 3. The van der Waals surface area contributed by atoms with E-state index in [0.717, 1.165) is 28.9 Å². The zero-order valence-corrected chi connectivity index (χ0v) is 19.8. The predicted molar refractivity (Wildman–Crippen MR) is 138 cm³/mol. The Labute approximate surface area is 208 Å². The number of benzene rings is 3. The average Bonchev–Trinajstić information content (AvgIpc) is 3.30. The standard InChI is InChI=1S/C27H24ClN5O2/c1-35-21-14-11-20(12-15-21)24-17-23(19-8-3-2-4-9-19)29-27-31-26(32-33(24)27)30-25(34)16-13-18-7-5-6-10-22(18)28/h2-16,23-24H,17H2,1H3,(H2,29,30,31,32,34)/b16-13+. The lowest BCUT2D eigenvalue weighted by Gasteiger charge is -2.31. The largest absolute Gasteiger partial charge is 0.497 e. The highest BCUT2D eigenvalue weighted by Crippen LogP contribution is 2.38. The second-order valence-corrected chi connectivity index (χ2v) is 8.59. The lowest BCUT2D eigenvalue weighted by molar-refractivity contribution is -0.111. The third-order valence-corrected chi connectivity index (χ3v) is 6.29. The molecule has 0 saturated heterocycles. The maximum absolute atomic E-state index is 12.6. The molecule has 0 fully saturated rings. The van der Waals surface area contributed by atoms with Crippen molar-refractivity contribution in [3.05, 3.63) is 107 Å². The number of halogens is 1. The third-order valence-electron chi connectivity index (χ3n) is 5.95. The van der Waals surface area contributed by atoms with Gasteiger partial charge in [0.25, 0.3) is 11.9 Å². The summed E-state index contributed by atoms with van der Waals surface area (Å²) in [4.78, 5) is 17.1. The Bertz CT molecular complexity index is 1350. The van der Waals surface area contributed by atoms with Gasteiger partial charge >= 0.3 is 0 Å². The number of carbonyl (C=O) groups is 1. The summed E-state index contributed by atoms with van der Waals surface area (Å²) >= 11 is 6.17. The molecule has 2 N–H and O–H groups in total. The second-order valence-electron chi connectivity index (χ2n) is 8.18. The number of hydrogen-bond acceptors (Lipinski definition) is 5. The molecule has 4 aromatic rings. The van der Waals surface area contributed by atoms with Crippen molar-refractivity contribution in [3.63, 3.8) is 0 Å². The maximum atomic E-state index is 12.6. The van der Waals surface area contributed by atoms with Crippen molar-refractivity contribution in [1.29, 1.82) is 0 Å². The molecule has 2 atom stereocenters. The number of aromatic nitrogens is 3. The van der Waals surface area contributed by atoms with Gasteiger partial charge in [-0.25, -0.2) is 4.68 Å². The van der Waals surface area contributed by atoms with Crippen molar-refractivity contribution >= 4 is 35.5 Å². The molecule has 8 heteroatoms. The zero-order chi connectivity index (χ0) is 24.2. The Morgan fingerprint density at radius 1 is 1.06 bits per heavy atom. The van der Waals surface area contributed by atoms with Gasteiger partial charge in [0, 0.05) is 11.1 Å². The summed E-state index contributed by atoms with van der Waals surface area (Å²) in [6, 6.07) is 25.5. The van der Waals surface area contributed by atoms with E-state index in [4.69, 9.17) is 16.3 Å². The topological polar surface area (TPSA) is 81.1 Å². The number of amides is 1. The van der Waals surface area contributed by atoms with E-state index >= 15 is 0 Å². The van der Waals surface area contributed by atoms with Gasteiger partial charge in [-0.05, 0) is 47.4 Å².